The Labute approximate surface area is 442 Å². The van der Waals surface area contributed by atoms with Crippen LogP contribution >= 0.6 is 22.7 Å². The van der Waals surface area contributed by atoms with Crippen molar-refractivity contribution < 1.29 is 0 Å². The molecule has 4 aromatic heterocycles. The van der Waals surface area contributed by atoms with Gasteiger partial charge in [-0.1, -0.05) is 200 Å². The highest BCUT2D eigenvalue weighted by atomic mass is 32.1. The summed E-state index contributed by atoms with van der Waals surface area (Å²) in [6, 6.07) is 71.0. The highest BCUT2D eigenvalue weighted by Crippen LogP contribution is 2.50. The van der Waals surface area contributed by atoms with Gasteiger partial charge in [0.15, 0.2) is 17.5 Å². The maximum absolute atomic E-state index is 5.35. The number of benzene rings is 9. The quantitative estimate of drug-likeness (QED) is 0.152. The molecule has 75 heavy (non-hydrogen) atoms. The maximum Gasteiger partial charge on any atom is 0.164 e. The van der Waals surface area contributed by atoms with Crippen molar-refractivity contribution in [1.82, 2.24) is 19.5 Å². The molecule has 0 bridgehead atoms. The van der Waals surface area contributed by atoms with Gasteiger partial charge in [-0.15, -0.1) is 22.7 Å². The van der Waals surface area contributed by atoms with E-state index in [4.69, 9.17) is 15.0 Å². The lowest BCUT2D eigenvalue weighted by molar-refractivity contribution is 0.854. The van der Waals surface area contributed by atoms with Crippen LogP contribution in [0.25, 0.3) is 130 Å². The fourth-order valence-electron chi connectivity index (χ4n) is 11.6. The molecule has 0 fully saturated rings. The molecular weight excluding hydrogens is 949 g/mol. The van der Waals surface area contributed by atoms with Gasteiger partial charge in [-0.25, -0.2) is 15.0 Å². The third-order valence-corrected chi connectivity index (χ3v) is 17.6. The number of thiophene rings is 2. The number of aromatic nitrogens is 4. The molecule has 0 N–H and O–H groups in total. The zero-order valence-corrected chi connectivity index (χ0v) is 42.5. The van der Waals surface area contributed by atoms with Crippen molar-refractivity contribution in [2.45, 2.75) is 25.2 Å². The van der Waals surface area contributed by atoms with Crippen molar-refractivity contribution in [1.29, 1.82) is 0 Å². The first kappa shape index (κ1) is 43.7. The summed E-state index contributed by atoms with van der Waals surface area (Å²) in [7, 11) is 0. The Morgan fingerprint density at radius 3 is 1.72 bits per heavy atom. The van der Waals surface area contributed by atoms with E-state index in [9.17, 15) is 0 Å². The Hall–Kier alpha value is -8.81. The number of hydrogen-bond acceptors (Lipinski definition) is 5. The Morgan fingerprint density at radius 1 is 0.427 bits per heavy atom. The number of hydrogen-bond donors (Lipinski definition) is 0. The monoisotopic (exact) mass is 994 g/mol. The summed E-state index contributed by atoms with van der Waals surface area (Å²) >= 11 is 3.83. The number of para-hydroxylation sites is 1. The van der Waals surface area contributed by atoms with E-state index in [0.717, 1.165) is 69.4 Å². The van der Waals surface area contributed by atoms with Crippen LogP contribution in [0.1, 0.15) is 36.3 Å². The third kappa shape index (κ3) is 7.43. The molecule has 1 unspecified atom stereocenters. The maximum atomic E-state index is 5.35. The summed E-state index contributed by atoms with van der Waals surface area (Å²) in [4.78, 5) is 15.8. The molecule has 0 spiro atoms. The van der Waals surface area contributed by atoms with Crippen molar-refractivity contribution >= 4 is 90.4 Å². The summed E-state index contributed by atoms with van der Waals surface area (Å²) in [5.41, 5.74) is 14.4. The van der Waals surface area contributed by atoms with Crippen LogP contribution < -0.4 is 0 Å². The highest BCUT2D eigenvalue weighted by molar-refractivity contribution is 7.30. The Balaban J connectivity index is 1.04. The summed E-state index contributed by atoms with van der Waals surface area (Å²) < 4.78 is 7.87. The van der Waals surface area contributed by atoms with E-state index in [0.29, 0.717) is 23.4 Å². The van der Waals surface area contributed by atoms with E-state index in [1.165, 1.54) is 73.3 Å². The van der Waals surface area contributed by atoms with E-state index in [2.05, 4.69) is 205 Å². The lowest BCUT2D eigenvalue weighted by atomic mass is 9.89. The molecule has 354 valence electrons. The molecule has 1 atom stereocenters. The van der Waals surface area contributed by atoms with E-state index < -0.39 is 0 Å². The highest BCUT2D eigenvalue weighted by Gasteiger charge is 2.26. The summed E-state index contributed by atoms with van der Waals surface area (Å²) in [5.74, 6) is 2.20. The van der Waals surface area contributed by atoms with Gasteiger partial charge in [0.2, 0.25) is 0 Å². The molecule has 0 saturated heterocycles. The van der Waals surface area contributed by atoms with E-state index in [-0.39, 0.29) is 0 Å². The lowest BCUT2D eigenvalue weighted by Gasteiger charge is -2.22. The largest absolute Gasteiger partial charge is 0.308 e. The van der Waals surface area contributed by atoms with Crippen LogP contribution in [-0.4, -0.2) is 19.5 Å². The first-order valence-electron chi connectivity index (χ1n) is 25.8. The first-order valence-corrected chi connectivity index (χ1v) is 27.5. The van der Waals surface area contributed by atoms with Crippen molar-refractivity contribution in [2.24, 2.45) is 0 Å². The van der Waals surface area contributed by atoms with Gasteiger partial charge in [0.05, 0.1) is 16.7 Å². The van der Waals surface area contributed by atoms with Crippen molar-refractivity contribution in [3.8, 4) is 62.1 Å². The number of nitrogens with zero attached hydrogens (tertiary/aromatic N) is 4. The standard InChI is InChI=1S/C69H46N4S2/c1-5-17-43(18-6-1)45-29-33-47(34-30-45)56-41-51(69-71-67(49-21-9-3-10-22-49)70-68(72-69)50-23-11-4-12-24-50)42-57(48-35-31-46(32-36-48)44-19-7-2-8-20-44)64(56)73-58-27-15-13-25-54(58)62-59(73)39-37-52-53-38-40-61-63(66(53)75-65(52)62)55-26-14-16-28-60(55)74-61/h1,3-7,9-17,19-43H,2,8,18H2. The Morgan fingerprint density at radius 2 is 1.04 bits per heavy atom. The molecule has 0 radical (unpaired) electrons. The fraction of sp³-hybridized carbons (Fsp3) is 0.0580. The van der Waals surface area contributed by atoms with Gasteiger partial charge in [0, 0.05) is 84.9 Å². The van der Waals surface area contributed by atoms with Crippen LogP contribution in [0, 0.1) is 0 Å². The van der Waals surface area contributed by atoms with Gasteiger partial charge in [0.25, 0.3) is 0 Å². The second kappa shape index (κ2) is 18.0. The van der Waals surface area contributed by atoms with Crippen LogP contribution in [-0.2, 0) is 0 Å². The van der Waals surface area contributed by atoms with Crippen molar-refractivity contribution in [2.75, 3.05) is 0 Å². The van der Waals surface area contributed by atoms with Gasteiger partial charge >= 0.3 is 0 Å². The van der Waals surface area contributed by atoms with E-state index in [1.807, 2.05) is 59.1 Å². The molecule has 4 nitrogen and oxygen atoms in total. The zero-order chi connectivity index (χ0) is 49.4. The smallest absolute Gasteiger partial charge is 0.164 e. The molecule has 0 saturated carbocycles. The average Bonchev–Trinajstić information content (AvgIpc) is 4.18. The van der Waals surface area contributed by atoms with Crippen molar-refractivity contribution in [3.05, 3.63) is 248 Å². The second-order valence-corrected chi connectivity index (χ2v) is 21.8. The molecule has 2 aliphatic rings. The van der Waals surface area contributed by atoms with Crippen LogP contribution in [0.3, 0.4) is 0 Å². The molecule has 0 aliphatic heterocycles. The zero-order valence-electron chi connectivity index (χ0n) is 40.8. The molecule has 4 heterocycles. The Kier molecular flexibility index (Phi) is 10.5. The summed E-state index contributed by atoms with van der Waals surface area (Å²) in [5, 5.41) is 7.80. The minimum atomic E-state index is 0.324. The Bertz CT molecular complexity index is 4470. The van der Waals surface area contributed by atoms with Crippen molar-refractivity contribution in [3.63, 3.8) is 0 Å². The fourth-order valence-corrected chi connectivity index (χ4v) is 14.2. The SMILES string of the molecule is C1=CCC(c2ccc(-c3cc(-c4nc(-c5ccccc5)nc(-c5ccccc5)n4)cc(-c4ccc(C5=CCCC=C5)cc4)c3-n3c4ccccc4c4c5sc6c(ccc7sc8ccccc8c76)c5ccc43)cc2)C=C1. The lowest BCUT2D eigenvalue weighted by Crippen LogP contribution is -2.04. The molecule has 9 aromatic carbocycles. The average molecular weight is 995 g/mol. The minimum Gasteiger partial charge on any atom is -0.308 e. The van der Waals surface area contributed by atoms with E-state index >= 15 is 0 Å². The van der Waals surface area contributed by atoms with Crippen LogP contribution in [0.15, 0.2) is 237 Å². The number of allylic oxidation sites excluding steroid dienone is 8. The molecule has 0 amide bonds. The van der Waals surface area contributed by atoms with Crippen LogP contribution in [0.2, 0.25) is 0 Å². The normalized spacial score (nSPS) is 14.6. The number of fused-ring (bicyclic) bond motifs is 11. The third-order valence-electron chi connectivity index (χ3n) is 15.2. The van der Waals surface area contributed by atoms with Gasteiger partial charge in [0.1, 0.15) is 0 Å². The topological polar surface area (TPSA) is 43.6 Å². The van der Waals surface area contributed by atoms with Gasteiger partial charge in [-0.05, 0) is 83.5 Å². The molecule has 15 rings (SSSR count). The predicted octanol–water partition coefficient (Wildman–Crippen LogP) is 19.4. The van der Waals surface area contributed by atoms with E-state index in [1.54, 1.807) is 0 Å². The van der Waals surface area contributed by atoms with Gasteiger partial charge in [-0.2, -0.15) is 0 Å². The molecule has 6 heteroatoms. The molecule has 2 aliphatic carbocycles. The summed E-state index contributed by atoms with van der Waals surface area (Å²) in [6.07, 6.45) is 18.9. The molecular formula is C69H46N4S2. The van der Waals surface area contributed by atoms with Crippen LogP contribution in [0.4, 0.5) is 0 Å². The predicted molar refractivity (Wildman–Crippen MR) is 319 cm³/mol. The first-order chi connectivity index (χ1) is 37.2. The molecule has 13 aromatic rings. The minimum absolute atomic E-state index is 0.324. The second-order valence-electron chi connectivity index (χ2n) is 19.7. The number of rotatable bonds is 8. The van der Waals surface area contributed by atoms with Gasteiger partial charge in [-0.3, -0.25) is 0 Å². The van der Waals surface area contributed by atoms with Crippen LogP contribution in [0.5, 0.6) is 0 Å². The summed E-state index contributed by atoms with van der Waals surface area (Å²) in [6.45, 7) is 0. The van der Waals surface area contributed by atoms with Gasteiger partial charge < -0.3 is 4.57 Å².